The standard InChI is InChI=1S/C20H31NO2/c1-21(2)14-18-7-4-5-12-20(18,23-15-16-10-11-16)17-8-6-9-19(13-17)22-3/h6,8-9,13,16,18H,4-5,7,10-12,14-15H2,1-3H3/t18-,20+/m1/s1. The van der Waals surface area contributed by atoms with Gasteiger partial charge in [-0.2, -0.15) is 0 Å². The molecule has 3 nitrogen and oxygen atoms in total. The highest BCUT2D eigenvalue weighted by atomic mass is 16.5. The third-order valence-corrected chi connectivity index (χ3v) is 5.43. The molecular weight excluding hydrogens is 286 g/mol. The van der Waals surface area contributed by atoms with Crippen molar-refractivity contribution in [1.29, 1.82) is 0 Å². The third-order valence-electron chi connectivity index (χ3n) is 5.43. The molecule has 2 aliphatic carbocycles. The Morgan fingerprint density at radius 2 is 2.00 bits per heavy atom. The highest BCUT2D eigenvalue weighted by Crippen LogP contribution is 2.47. The molecule has 3 heteroatoms. The molecule has 0 bridgehead atoms. The highest BCUT2D eigenvalue weighted by molar-refractivity contribution is 5.33. The van der Waals surface area contributed by atoms with E-state index in [0.29, 0.717) is 5.92 Å². The molecule has 1 aromatic rings. The first-order valence-corrected chi connectivity index (χ1v) is 9.07. The minimum Gasteiger partial charge on any atom is -0.497 e. The Hall–Kier alpha value is -1.06. The van der Waals surface area contributed by atoms with Crippen molar-refractivity contribution in [1.82, 2.24) is 4.90 Å². The van der Waals surface area contributed by atoms with E-state index >= 15 is 0 Å². The number of nitrogens with zero attached hydrogens (tertiary/aromatic N) is 1. The molecule has 0 aromatic heterocycles. The predicted octanol–water partition coefficient (Wildman–Crippen LogP) is 4.07. The van der Waals surface area contributed by atoms with E-state index in [1.807, 2.05) is 6.07 Å². The lowest BCUT2D eigenvalue weighted by Gasteiger charge is -2.45. The number of benzene rings is 1. The van der Waals surface area contributed by atoms with Crippen molar-refractivity contribution >= 4 is 0 Å². The monoisotopic (exact) mass is 317 g/mol. The zero-order valence-corrected chi connectivity index (χ0v) is 14.9. The van der Waals surface area contributed by atoms with Crippen LogP contribution in [0, 0.1) is 11.8 Å². The Morgan fingerprint density at radius 3 is 2.70 bits per heavy atom. The van der Waals surface area contributed by atoms with Crippen LogP contribution in [0.2, 0.25) is 0 Å². The van der Waals surface area contributed by atoms with E-state index in [9.17, 15) is 0 Å². The largest absolute Gasteiger partial charge is 0.497 e. The Balaban J connectivity index is 1.92. The van der Waals surface area contributed by atoms with E-state index in [0.717, 1.165) is 31.2 Å². The molecule has 2 fully saturated rings. The lowest BCUT2D eigenvalue weighted by atomic mass is 9.71. The average Bonchev–Trinajstić information content (AvgIpc) is 3.38. The summed E-state index contributed by atoms with van der Waals surface area (Å²) < 4.78 is 12.2. The number of hydrogen-bond acceptors (Lipinski definition) is 3. The van der Waals surface area contributed by atoms with Crippen molar-refractivity contribution in [3.63, 3.8) is 0 Å². The molecule has 128 valence electrons. The fourth-order valence-electron chi connectivity index (χ4n) is 3.99. The number of methoxy groups -OCH3 is 1. The van der Waals surface area contributed by atoms with Crippen LogP contribution in [0.25, 0.3) is 0 Å². The number of ether oxygens (including phenoxy) is 2. The van der Waals surface area contributed by atoms with E-state index in [2.05, 4.69) is 37.2 Å². The molecule has 0 amide bonds. The summed E-state index contributed by atoms with van der Waals surface area (Å²) in [6, 6.07) is 8.57. The first kappa shape index (κ1) is 16.8. The van der Waals surface area contributed by atoms with Gasteiger partial charge in [0.2, 0.25) is 0 Å². The van der Waals surface area contributed by atoms with Crippen LogP contribution in [0.4, 0.5) is 0 Å². The molecule has 0 spiro atoms. The van der Waals surface area contributed by atoms with Crippen LogP contribution < -0.4 is 4.74 Å². The Morgan fingerprint density at radius 1 is 1.17 bits per heavy atom. The van der Waals surface area contributed by atoms with Gasteiger partial charge in [0.25, 0.3) is 0 Å². The van der Waals surface area contributed by atoms with Crippen molar-refractivity contribution < 1.29 is 9.47 Å². The second-order valence-corrected chi connectivity index (χ2v) is 7.58. The minimum absolute atomic E-state index is 0.139. The van der Waals surface area contributed by atoms with Gasteiger partial charge in [-0.1, -0.05) is 25.0 Å². The average molecular weight is 317 g/mol. The zero-order valence-electron chi connectivity index (χ0n) is 14.9. The van der Waals surface area contributed by atoms with Crippen molar-refractivity contribution in [3.8, 4) is 5.75 Å². The first-order chi connectivity index (χ1) is 11.1. The third kappa shape index (κ3) is 3.89. The maximum Gasteiger partial charge on any atom is 0.119 e. The fourth-order valence-corrected chi connectivity index (χ4v) is 3.99. The number of rotatable bonds is 7. The lowest BCUT2D eigenvalue weighted by Crippen LogP contribution is -2.45. The SMILES string of the molecule is COc1cccc([C@@]2(OCC3CC3)CCCC[C@@H]2CN(C)C)c1. The summed E-state index contributed by atoms with van der Waals surface area (Å²) in [6.07, 6.45) is 7.63. The minimum atomic E-state index is -0.139. The molecule has 2 atom stereocenters. The van der Waals surface area contributed by atoms with Crippen LogP contribution in [0.1, 0.15) is 44.1 Å². The summed E-state index contributed by atoms with van der Waals surface area (Å²) >= 11 is 0. The van der Waals surface area contributed by atoms with Gasteiger partial charge in [-0.3, -0.25) is 0 Å². The topological polar surface area (TPSA) is 21.7 Å². The molecule has 1 aromatic carbocycles. The summed E-state index contributed by atoms with van der Waals surface area (Å²) in [5, 5.41) is 0. The smallest absolute Gasteiger partial charge is 0.119 e. The second-order valence-electron chi connectivity index (χ2n) is 7.58. The quantitative estimate of drug-likeness (QED) is 0.757. The van der Waals surface area contributed by atoms with Gasteiger partial charge in [-0.05, 0) is 63.4 Å². The van der Waals surface area contributed by atoms with Gasteiger partial charge in [0.05, 0.1) is 19.3 Å². The molecule has 0 heterocycles. The summed E-state index contributed by atoms with van der Waals surface area (Å²) in [7, 11) is 6.09. The lowest BCUT2D eigenvalue weighted by molar-refractivity contribution is -0.124. The Bertz CT molecular complexity index is 512. The van der Waals surface area contributed by atoms with Crippen LogP contribution in [-0.2, 0) is 10.3 Å². The maximum absolute atomic E-state index is 6.71. The van der Waals surface area contributed by atoms with Gasteiger partial charge in [0.15, 0.2) is 0 Å². The fraction of sp³-hybridized carbons (Fsp3) is 0.700. The van der Waals surface area contributed by atoms with Crippen molar-refractivity contribution in [2.45, 2.75) is 44.1 Å². The predicted molar refractivity (Wildman–Crippen MR) is 93.9 cm³/mol. The summed E-state index contributed by atoms with van der Waals surface area (Å²) in [5.74, 6) is 2.28. The van der Waals surface area contributed by atoms with E-state index in [4.69, 9.17) is 9.47 Å². The molecule has 0 aliphatic heterocycles. The molecular formula is C20H31NO2. The zero-order chi connectivity index (χ0) is 16.3. The van der Waals surface area contributed by atoms with E-state index in [1.165, 1.54) is 37.7 Å². The second kappa shape index (κ2) is 7.23. The van der Waals surface area contributed by atoms with Crippen molar-refractivity contribution in [2.75, 3.05) is 34.4 Å². The van der Waals surface area contributed by atoms with Gasteiger partial charge >= 0.3 is 0 Å². The molecule has 0 radical (unpaired) electrons. The molecule has 2 aliphatic rings. The van der Waals surface area contributed by atoms with Crippen molar-refractivity contribution in [3.05, 3.63) is 29.8 Å². The van der Waals surface area contributed by atoms with Crippen LogP contribution in [0.3, 0.4) is 0 Å². The first-order valence-electron chi connectivity index (χ1n) is 9.07. The van der Waals surface area contributed by atoms with Crippen LogP contribution in [0.15, 0.2) is 24.3 Å². The van der Waals surface area contributed by atoms with Gasteiger partial charge in [0.1, 0.15) is 5.75 Å². The van der Waals surface area contributed by atoms with Gasteiger partial charge in [-0.25, -0.2) is 0 Å². The van der Waals surface area contributed by atoms with Crippen molar-refractivity contribution in [2.24, 2.45) is 11.8 Å². The Labute approximate surface area is 141 Å². The molecule has 0 saturated heterocycles. The van der Waals surface area contributed by atoms with E-state index in [1.54, 1.807) is 7.11 Å². The Kier molecular flexibility index (Phi) is 5.27. The van der Waals surface area contributed by atoms with Gasteiger partial charge < -0.3 is 14.4 Å². The van der Waals surface area contributed by atoms with E-state index in [-0.39, 0.29) is 5.60 Å². The van der Waals surface area contributed by atoms with Gasteiger partial charge in [-0.15, -0.1) is 0 Å². The highest BCUT2D eigenvalue weighted by Gasteiger charge is 2.44. The summed E-state index contributed by atoms with van der Waals surface area (Å²) in [6.45, 7) is 2.00. The molecule has 23 heavy (non-hydrogen) atoms. The van der Waals surface area contributed by atoms with Crippen LogP contribution in [0.5, 0.6) is 5.75 Å². The van der Waals surface area contributed by atoms with E-state index < -0.39 is 0 Å². The van der Waals surface area contributed by atoms with Gasteiger partial charge in [0, 0.05) is 12.5 Å². The summed E-state index contributed by atoms with van der Waals surface area (Å²) in [4.78, 5) is 2.31. The summed E-state index contributed by atoms with van der Waals surface area (Å²) in [5.41, 5.74) is 1.17. The van der Waals surface area contributed by atoms with Crippen LogP contribution in [-0.4, -0.2) is 39.3 Å². The maximum atomic E-state index is 6.71. The molecule has 3 rings (SSSR count). The molecule has 0 unspecified atom stereocenters. The van der Waals surface area contributed by atoms with Crippen LogP contribution >= 0.6 is 0 Å². The molecule has 0 N–H and O–H groups in total. The number of hydrogen-bond donors (Lipinski definition) is 0. The molecule has 2 saturated carbocycles. The normalized spacial score (nSPS) is 28.1.